The van der Waals surface area contributed by atoms with Crippen molar-refractivity contribution in [3.05, 3.63) is 18.7 Å². The van der Waals surface area contributed by atoms with Crippen molar-refractivity contribution >= 4 is 0 Å². The summed E-state index contributed by atoms with van der Waals surface area (Å²) in [5.41, 5.74) is 0. The standard InChI is InChI=1S/C8H12N2/c1-2-4-8(3-1)10-6-5-9-7-10/h5-8H,1-4H2. The third-order valence-corrected chi connectivity index (χ3v) is 2.27. The minimum absolute atomic E-state index is 0.752. The Morgan fingerprint density at radius 2 is 2.10 bits per heavy atom. The minimum atomic E-state index is 0.752. The van der Waals surface area contributed by atoms with Crippen LogP contribution >= 0.6 is 0 Å². The Hall–Kier alpha value is -0.790. The van der Waals surface area contributed by atoms with E-state index in [9.17, 15) is 0 Å². The van der Waals surface area contributed by atoms with Gasteiger partial charge in [0.2, 0.25) is 0 Å². The highest BCUT2D eigenvalue weighted by Crippen LogP contribution is 2.28. The first-order valence-electron chi connectivity index (χ1n) is 3.94. The van der Waals surface area contributed by atoms with E-state index in [0.29, 0.717) is 0 Å². The fourth-order valence-corrected chi connectivity index (χ4v) is 1.69. The number of nitrogens with zero attached hydrogens (tertiary/aromatic N) is 2. The van der Waals surface area contributed by atoms with Crippen LogP contribution in [0.3, 0.4) is 0 Å². The molecule has 54 valence electrons. The number of aromatic nitrogens is 2. The number of hydrogen-bond donors (Lipinski definition) is 0. The number of hydrogen-bond acceptors (Lipinski definition) is 1. The lowest BCUT2D eigenvalue weighted by atomic mass is 10.2. The van der Waals surface area contributed by atoms with E-state index in [1.807, 2.05) is 12.5 Å². The Balaban J connectivity index is 2.12. The summed E-state index contributed by atoms with van der Waals surface area (Å²) in [7, 11) is 0. The zero-order chi connectivity index (χ0) is 6.81. The SMILES string of the molecule is c1cn(C2CCCC2)cn1. The van der Waals surface area contributed by atoms with E-state index in [0.717, 1.165) is 6.04 Å². The van der Waals surface area contributed by atoms with E-state index in [2.05, 4.69) is 15.7 Å². The Bertz CT molecular complexity index is 185. The van der Waals surface area contributed by atoms with Gasteiger partial charge in [-0.15, -0.1) is 0 Å². The Labute approximate surface area is 60.9 Å². The van der Waals surface area contributed by atoms with Gasteiger partial charge in [-0.1, -0.05) is 12.8 Å². The quantitative estimate of drug-likeness (QED) is 0.577. The van der Waals surface area contributed by atoms with Gasteiger partial charge in [0.15, 0.2) is 0 Å². The molecule has 0 bridgehead atoms. The van der Waals surface area contributed by atoms with Gasteiger partial charge >= 0.3 is 0 Å². The molecule has 1 aliphatic rings. The zero-order valence-corrected chi connectivity index (χ0v) is 6.03. The molecule has 1 heterocycles. The van der Waals surface area contributed by atoms with Crippen LogP contribution in [0.5, 0.6) is 0 Å². The summed E-state index contributed by atoms with van der Waals surface area (Å²) in [4.78, 5) is 4.03. The summed E-state index contributed by atoms with van der Waals surface area (Å²) in [6.07, 6.45) is 11.3. The molecule has 0 aliphatic heterocycles. The van der Waals surface area contributed by atoms with Crippen molar-refractivity contribution in [2.75, 3.05) is 0 Å². The lowest BCUT2D eigenvalue weighted by molar-refractivity contribution is 0.518. The van der Waals surface area contributed by atoms with E-state index in [4.69, 9.17) is 0 Å². The highest BCUT2D eigenvalue weighted by molar-refractivity contribution is 4.82. The van der Waals surface area contributed by atoms with Crippen molar-refractivity contribution in [3.8, 4) is 0 Å². The molecular weight excluding hydrogens is 124 g/mol. The molecular formula is C8H12N2. The Morgan fingerprint density at radius 3 is 2.70 bits per heavy atom. The van der Waals surface area contributed by atoms with E-state index in [-0.39, 0.29) is 0 Å². The van der Waals surface area contributed by atoms with Crippen molar-refractivity contribution < 1.29 is 0 Å². The van der Waals surface area contributed by atoms with E-state index >= 15 is 0 Å². The van der Waals surface area contributed by atoms with Crippen LogP contribution in [0.25, 0.3) is 0 Å². The van der Waals surface area contributed by atoms with Crippen LogP contribution < -0.4 is 0 Å². The van der Waals surface area contributed by atoms with Crippen molar-refractivity contribution in [1.82, 2.24) is 9.55 Å². The summed E-state index contributed by atoms with van der Waals surface area (Å²) < 4.78 is 2.23. The van der Waals surface area contributed by atoms with Crippen LogP contribution in [-0.2, 0) is 0 Å². The zero-order valence-electron chi connectivity index (χ0n) is 6.03. The number of imidazole rings is 1. The molecule has 0 radical (unpaired) electrons. The molecule has 1 saturated carbocycles. The van der Waals surface area contributed by atoms with Gasteiger partial charge < -0.3 is 4.57 Å². The molecule has 0 atom stereocenters. The van der Waals surface area contributed by atoms with Crippen LogP contribution in [0.4, 0.5) is 0 Å². The van der Waals surface area contributed by atoms with Crippen LogP contribution in [0.15, 0.2) is 18.7 Å². The van der Waals surface area contributed by atoms with Gasteiger partial charge in [0.25, 0.3) is 0 Å². The number of rotatable bonds is 1. The van der Waals surface area contributed by atoms with Gasteiger partial charge in [-0.05, 0) is 12.8 Å². The largest absolute Gasteiger partial charge is 0.334 e. The molecule has 2 heteroatoms. The van der Waals surface area contributed by atoms with Gasteiger partial charge in [0.05, 0.1) is 6.33 Å². The van der Waals surface area contributed by atoms with Crippen LogP contribution in [0.1, 0.15) is 31.7 Å². The molecule has 2 rings (SSSR count). The first kappa shape index (κ1) is 5.96. The third-order valence-electron chi connectivity index (χ3n) is 2.27. The molecule has 0 saturated heterocycles. The molecule has 0 aromatic carbocycles. The highest BCUT2D eigenvalue weighted by atomic mass is 15.0. The van der Waals surface area contributed by atoms with E-state index < -0.39 is 0 Å². The fraction of sp³-hybridized carbons (Fsp3) is 0.625. The van der Waals surface area contributed by atoms with Crippen LogP contribution in [-0.4, -0.2) is 9.55 Å². The Kier molecular flexibility index (Phi) is 1.46. The summed E-state index contributed by atoms with van der Waals surface area (Å²) in [5.74, 6) is 0. The molecule has 0 spiro atoms. The van der Waals surface area contributed by atoms with Crippen molar-refractivity contribution in [2.24, 2.45) is 0 Å². The van der Waals surface area contributed by atoms with Crippen molar-refractivity contribution in [2.45, 2.75) is 31.7 Å². The second-order valence-corrected chi connectivity index (χ2v) is 2.95. The van der Waals surface area contributed by atoms with E-state index in [1.54, 1.807) is 0 Å². The lowest BCUT2D eigenvalue weighted by Crippen LogP contribution is -2.00. The second kappa shape index (κ2) is 2.45. The summed E-state index contributed by atoms with van der Waals surface area (Å²) in [6.45, 7) is 0. The smallest absolute Gasteiger partial charge is 0.0948 e. The summed E-state index contributed by atoms with van der Waals surface area (Å²) >= 11 is 0. The maximum atomic E-state index is 4.03. The molecule has 0 N–H and O–H groups in total. The molecule has 1 aromatic rings. The first-order valence-corrected chi connectivity index (χ1v) is 3.94. The van der Waals surface area contributed by atoms with Gasteiger partial charge in [-0.3, -0.25) is 0 Å². The molecule has 2 nitrogen and oxygen atoms in total. The summed E-state index contributed by atoms with van der Waals surface area (Å²) in [6, 6.07) is 0.752. The lowest BCUT2D eigenvalue weighted by Gasteiger charge is -2.08. The summed E-state index contributed by atoms with van der Waals surface area (Å²) in [5, 5.41) is 0. The maximum Gasteiger partial charge on any atom is 0.0948 e. The fourth-order valence-electron chi connectivity index (χ4n) is 1.69. The monoisotopic (exact) mass is 136 g/mol. The van der Waals surface area contributed by atoms with Gasteiger partial charge in [0.1, 0.15) is 0 Å². The van der Waals surface area contributed by atoms with E-state index in [1.165, 1.54) is 25.7 Å². The van der Waals surface area contributed by atoms with Gasteiger partial charge in [-0.25, -0.2) is 4.98 Å². The molecule has 1 aromatic heterocycles. The highest BCUT2D eigenvalue weighted by Gasteiger charge is 2.15. The Morgan fingerprint density at radius 1 is 1.30 bits per heavy atom. The topological polar surface area (TPSA) is 17.8 Å². The van der Waals surface area contributed by atoms with Crippen LogP contribution in [0.2, 0.25) is 0 Å². The maximum absolute atomic E-state index is 4.03. The molecule has 1 aliphatic carbocycles. The van der Waals surface area contributed by atoms with Gasteiger partial charge in [-0.2, -0.15) is 0 Å². The van der Waals surface area contributed by atoms with Crippen molar-refractivity contribution in [1.29, 1.82) is 0 Å². The first-order chi connectivity index (χ1) is 4.97. The van der Waals surface area contributed by atoms with Gasteiger partial charge in [0, 0.05) is 18.4 Å². The van der Waals surface area contributed by atoms with Crippen LogP contribution in [0, 0.1) is 0 Å². The second-order valence-electron chi connectivity index (χ2n) is 2.95. The van der Waals surface area contributed by atoms with Crippen molar-refractivity contribution in [3.63, 3.8) is 0 Å². The normalized spacial score (nSPS) is 20.0. The predicted octanol–water partition coefficient (Wildman–Crippen LogP) is 2.00. The molecule has 0 unspecified atom stereocenters. The molecule has 1 fully saturated rings. The average molecular weight is 136 g/mol. The minimum Gasteiger partial charge on any atom is -0.334 e. The molecule has 0 amide bonds. The average Bonchev–Trinajstić information content (AvgIpc) is 2.59. The molecule has 10 heavy (non-hydrogen) atoms. The third kappa shape index (κ3) is 0.939. The predicted molar refractivity (Wildman–Crippen MR) is 39.7 cm³/mol.